The summed E-state index contributed by atoms with van der Waals surface area (Å²) in [6.07, 6.45) is 4.36. The van der Waals surface area contributed by atoms with Gasteiger partial charge < -0.3 is 15.0 Å². The Balaban J connectivity index is 1.71. The van der Waals surface area contributed by atoms with Crippen molar-refractivity contribution in [2.45, 2.75) is 30.6 Å². The molecule has 0 spiro atoms. The molecule has 0 unspecified atom stereocenters. The van der Waals surface area contributed by atoms with Gasteiger partial charge in [0, 0.05) is 13.1 Å². The highest BCUT2D eigenvalue weighted by atomic mass is 35.5. The number of carbonyl (C=O) groups is 1. The van der Waals surface area contributed by atoms with Gasteiger partial charge in [-0.3, -0.25) is 9.52 Å². The number of hydrogen-bond acceptors (Lipinski definition) is 5. The van der Waals surface area contributed by atoms with Crippen molar-refractivity contribution < 1.29 is 17.9 Å². The third-order valence-corrected chi connectivity index (χ3v) is 7.64. The molecule has 0 atom stereocenters. The fourth-order valence-electron chi connectivity index (χ4n) is 4.14. The van der Waals surface area contributed by atoms with Crippen LogP contribution in [0.25, 0.3) is 0 Å². The van der Waals surface area contributed by atoms with Gasteiger partial charge in [-0.05, 0) is 55.3 Å². The van der Waals surface area contributed by atoms with Crippen LogP contribution in [0.5, 0.6) is 5.75 Å². The maximum absolute atomic E-state index is 13.2. The van der Waals surface area contributed by atoms with Crippen molar-refractivity contribution in [3.05, 3.63) is 77.3 Å². The summed E-state index contributed by atoms with van der Waals surface area (Å²) in [5, 5.41) is 3.22. The molecular weight excluding hydrogens is 486 g/mol. The smallest absolute Gasteiger partial charge is 0.262 e. The van der Waals surface area contributed by atoms with E-state index in [4.69, 9.17) is 16.3 Å². The number of halogens is 1. The van der Waals surface area contributed by atoms with Gasteiger partial charge in [-0.2, -0.15) is 0 Å². The Morgan fingerprint density at radius 3 is 2.31 bits per heavy atom. The number of nitrogens with one attached hydrogen (secondary N) is 2. The first kappa shape index (κ1) is 24.9. The molecule has 1 saturated heterocycles. The standard InChI is InChI=1S/C26H28ClN3O4S/c1-34-25-13-7-4-10-20(25)26(31)28-23-18-19(14-15-24(23)30-16-8-2-3-9-17-30)35(32,33)29-22-12-6-5-11-21(22)27/h4-7,10-15,18,29H,2-3,8-9,16-17H2,1H3,(H,28,31). The predicted molar refractivity (Wildman–Crippen MR) is 140 cm³/mol. The zero-order chi connectivity index (χ0) is 24.8. The molecule has 0 aliphatic carbocycles. The molecule has 184 valence electrons. The highest BCUT2D eigenvalue weighted by Gasteiger charge is 2.22. The van der Waals surface area contributed by atoms with Crippen molar-refractivity contribution in [2.24, 2.45) is 0 Å². The van der Waals surface area contributed by atoms with E-state index < -0.39 is 10.0 Å². The van der Waals surface area contributed by atoms with Crippen molar-refractivity contribution in [3.8, 4) is 5.75 Å². The molecule has 0 radical (unpaired) electrons. The van der Waals surface area contributed by atoms with Crippen molar-refractivity contribution in [1.82, 2.24) is 0 Å². The molecular formula is C26H28ClN3O4S. The maximum atomic E-state index is 13.2. The quantitative estimate of drug-likeness (QED) is 0.418. The van der Waals surface area contributed by atoms with Gasteiger partial charge in [0.15, 0.2) is 0 Å². The second kappa shape index (κ2) is 11.0. The second-order valence-electron chi connectivity index (χ2n) is 8.32. The molecule has 2 N–H and O–H groups in total. The van der Waals surface area contributed by atoms with Crippen molar-refractivity contribution in [2.75, 3.05) is 35.1 Å². The Morgan fingerprint density at radius 2 is 1.60 bits per heavy atom. The van der Waals surface area contributed by atoms with Gasteiger partial charge in [0.2, 0.25) is 0 Å². The van der Waals surface area contributed by atoms with Gasteiger partial charge in [0.1, 0.15) is 5.75 Å². The van der Waals surface area contributed by atoms with Gasteiger partial charge in [0.25, 0.3) is 15.9 Å². The summed E-state index contributed by atoms with van der Waals surface area (Å²) in [5.41, 5.74) is 1.85. The minimum Gasteiger partial charge on any atom is -0.496 e. The zero-order valence-electron chi connectivity index (χ0n) is 19.5. The molecule has 1 aliphatic heterocycles. The van der Waals surface area contributed by atoms with E-state index in [2.05, 4.69) is 14.9 Å². The third-order valence-electron chi connectivity index (χ3n) is 5.94. The van der Waals surface area contributed by atoms with Gasteiger partial charge in [-0.15, -0.1) is 0 Å². The highest BCUT2D eigenvalue weighted by molar-refractivity contribution is 7.92. The van der Waals surface area contributed by atoms with Gasteiger partial charge in [0.05, 0.1) is 39.7 Å². The number of sulfonamides is 1. The Hall–Kier alpha value is -3.23. The monoisotopic (exact) mass is 513 g/mol. The predicted octanol–water partition coefficient (Wildman–Crippen LogP) is 5.78. The molecule has 1 amide bonds. The summed E-state index contributed by atoms with van der Waals surface area (Å²) in [7, 11) is -2.45. The minimum atomic E-state index is -3.96. The topological polar surface area (TPSA) is 87.7 Å². The fraction of sp³-hybridized carbons (Fsp3) is 0.269. The van der Waals surface area contributed by atoms with Gasteiger partial charge in [-0.25, -0.2) is 8.42 Å². The number of rotatable bonds is 7. The van der Waals surface area contributed by atoms with Crippen molar-refractivity contribution >= 4 is 44.6 Å². The van der Waals surface area contributed by atoms with Crippen LogP contribution in [0.4, 0.5) is 17.1 Å². The molecule has 0 saturated carbocycles. The summed E-state index contributed by atoms with van der Waals surface area (Å²) in [6, 6.07) is 18.3. The molecule has 3 aromatic carbocycles. The molecule has 0 aromatic heterocycles. The average molecular weight is 514 g/mol. The molecule has 35 heavy (non-hydrogen) atoms. The maximum Gasteiger partial charge on any atom is 0.262 e. The fourth-order valence-corrected chi connectivity index (χ4v) is 5.48. The zero-order valence-corrected chi connectivity index (χ0v) is 21.0. The number of ether oxygens (including phenoxy) is 1. The largest absolute Gasteiger partial charge is 0.496 e. The molecule has 1 heterocycles. The molecule has 1 aliphatic rings. The Labute approximate surface area is 211 Å². The lowest BCUT2D eigenvalue weighted by molar-refractivity contribution is 0.102. The SMILES string of the molecule is COc1ccccc1C(=O)Nc1cc(S(=O)(=O)Nc2ccccc2Cl)ccc1N1CCCCCC1. The lowest BCUT2D eigenvalue weighted by Gasteiger charge is -2.26. The van der Waals surface area contributed by atoms with Crippen LogP contribution in [0.3, 0.4) is 0 Å². The molecule has 9 heteroatoms. The minimum absolute atomic E-state index is 0.0197. The lowest BCUT2D eigenvalue weighted by atomic mass is 10.1. The Bertz CT molecular complexity index is 1310. The lowest BCUT2D eigenvalue weighted by Crippen LogP contribution is -2.26. The van der Waals surface area contributed by atoms with E-state index in [-0.39, 0.29) is 16.5 Å². The van der Waals surface area contributed by atoms with Crippen LogP contribution >= 0.6 is 11.6 Å². The van der Waals surface area contributed by atoms with Crippen LogP contribution < -0.4 is 19.7 Å². The van der Waals surface area contributed by atoms with Crippen LogP contribution in [0, 0.1) is 0 Å². The van der Waals surface area contributed by atoms with Gasteiger partial charge >= 0.3 is 0 Å². The van der Waals surface area contributed by atoms with Crippen LogP contribution in [0.1, 0.15) is 36.0 Å². The normalized spacial score (nSPS) is 14.2. The first-order chi connectivity index (χ1) is 16.9. The average Bonchev–Trinajstić information content (AvgIpc) is 3.15. The number of nitrogens with zero attached hydrogens (tertiary/aromatic N) is 1. The molecule has 0 bridgehead atoms. The number of para-hydroxylation sites is 2. The number of carbonyl (C=O) groups excluding carboxylic acids is 1. The van der Waals surface area contributed by atoms with Crippen LogP contribution in [-0.4, -0.2) is 34.5 Å². The molecule has 4 rings (SSSR count). The van der Waals surface area contributed by atoms with Crippen LogP contribution in [0.2, 0.25) is 5.02 Å². The second-order valence-corrected chi connectivity index (χ2v) is 10.4. The van der Waals surface area contributed by atoms with Crippen LogP contribution in [-0.2, 0) is 10.0 Å². The number of benzene rings is 3. The van der Waals surface area contributed by atoms with E-state index in [1.54, 1.807) is 60.7 Å². The molecule has 7 nitrogen and oxygen atoms in total. The summed E-state index contributed by atoms with van der Waals surface area (Å²) in [6.45, 7) is 1.67. The third kappa shape index (κ3) is 5.89. The molecule has 1 fully saturated rings. The number of methoxy groups -OCH3 is 1. The van der Waals surface area contributed by atoms with E-state index in [0.29, 0.717) is 22.0 Å². The van der Waals surface area contributed by atoms with E-state index in [1.165, 1.54) is 13.2 Å². The Morgan fingerprint density at radius 1 is 0.914 bits per heavy atom. The number of amides is 1. The first-order valence-corrected chi connectivity index (χ1v) is 13.4. The summed E-state index contributed by atoms with van der Waals surface area (Å²) in [4.78, 5) is 15.4. The summed E-state index contributed by atoms with van der Waals surface area (Å²) >= 11 is 6.15. The Kier molecular flexibility index (Phi) is 7.83. The first-order valence-electron chi connectivity index (χ1n) is 11.5. The van der Waals surface area contributed by atoms with E-state index >= 15 is 0 Å². The number of hydrogen-bond donors (Lipinski definition) is 2. The van der Waals surface area contributed by atoms with E-state index in [9.17, 15) is 13.2 Å². The summed E-state index contributed by atoms with van der Waals surface area (Å²) in [5.74, 6) is 0.0533. The number of anilines is 3. The van der Waals surface area contributed by atoms with E-state index in [0.717, 1.165) is 44.5 Å². The van der Waals surface area contributed by atoms with Crippen molar-refractivity contribution in [3.63, 3.8) is 0 Å². The van der Waals surface area contributed by atoms with Gasteiger partial charge in [-0.1, -0.05) is 48.7 Å². The highest BCUT2D eigenvalue weighted by Crippen LogP contribution is 2.33. The molecule has 3 aromatic rings. The summed E-state index contributed by atoms with van der Waals surface area (Å²) < 4.78 is 34.2. The van der Waals surface area contributed by atoms with E-state index in [1.807, 2.05) is 0 Å². The van der Waals surface area contributed by atoms with Crippen molar-refractivity contribution in [1.29, 1.82) is 0 Å². The van der Waals surface area contributed by atoms with Crippen LogP contribution in [0.15, 0.2) is 71.6 Å².